The van der Waals surface area contributed by atoms with Crippen LogP contribution in [0.5, 0.6) is 0 Å². The average molecular weight is 219 g/mol. The van der Waals surface area contributed by atoms with Crippen LogP contribution in [0, 0.1) is 0 Å². The normalized spacial score (nSPS) is 15.5. The van der Waals surface area contributed by atoms with Gasteiger partial charge in [0, 0.05) is 16.5 Å². The van der Waals surface area contributed by atoms with Crippen LogP contribution in [0.4, 0.5) is 5.82 Å². The number of nitrogens with zero attached hydrogens (tertiary/aromatic N) is 1. The summed E-state index contributed by atoms with van der Waals surface area (Å²) < 4.78 is 0. The van der Waals surface area contributed by atoms with Crippen LogP contribution in [0.3, 0.4) is 0 Å². The predicted octanol–water partition coefficient (Wildman–Crippen LogP) is 3.46. The number of halogens is 1. The minimum atomic E-state index is 0.633. The SMILES string of the molecule is Clc1ccc2ccc(NC3CC3)nc2c1. The Labute approximate surface area is 93.3 Å². The van der Waals surface area contributed by atoms with Gasteiger partial charge in [0.15, 0.2) is 0 Å². The second-order valence-electron chi connectivity index (χ2n) is 3.95. The third-order valence-corrected chi connectivity index (χ3v) is 2.82. The molecule has 0 unspecified atom stereocenters. The Balaban J connectivity index is 2.03. The zero-order valence-electron chi connectivity index (χ0n) is 8.20. The third-order valence-electron chi connectivity index (χ3n) is 2.58. The standard InChI is InChI=1S/C12H11ClN2/c13-9-3-1-8-2-6-12(14-10-4-5-10)15-11(8)7-9/h1-3,6-7,10H,4-5H2,(H,14,15). The molecule has 15 heavy (non-hydrogen) atoms. The maximum atomic E-state index is 5.93. The molecular formula is C12H11ClN2. The third kappa shape index (κ3) is 1.90. The molecule has 2 nitrogen and oxygen atoms in total. The summed E-state index contributed by atoms with van der Waals surface area (Å²) in [5.41, 5.74) is 0.952. The molecule has 2 aromatic rings. The topological polar surface area (TPSA) is 24.9 Å². The van der Waals surface area contributed by atoms with E-state index >= 15 is 0 Å². The molecule has 0 saturated heterocycles. The predicted molar refractivity (Wildman–Crippen MR) is 63.4 cm³/mol. The van der Waals surface area contributed by atoms with Gasteiger partial charge in [0.2, 0.25) is 0 Å². The quantitative estimate of drug-likeness (QED) is 0.835. The number of rotatable bonds is 2. The molecule has 0 spiro atoms. The van der Waals surface area contributed by atoms with Gasteiger partial charge in [-0.2, -0.15) is 0 Å². The van der Waals surface area contributed by atoms with Gasteiger partial charge in [0.05, 0.1) is 5.52 Å². The maximum Gasteiger partial charge on any atom is 0.126 e. The molecule has 1 aromatic heterocycles. The highest BCUT2D eigenvalue weighted by Crippen LogP contribution is 2.25. The summed E-state index contributed by atoms with van der Waals surface area (Å²) >= 11 is 5.93. The van der Waals surface area contributed by atoms with Crippen LogP contribution < -0.4 is 5.32 Å². The van der Waals surface area contributed by atoms with E-state index in [0.29, 0.717) is 6.04 Å². The van der Waals surface area contributed by atoms with Crippen LogP contribution in [0.1, 0.15) is 12.8 Å². The highest BCUT2D eigenvalue weighted by atomic mass is 35.5. The van der Waals surface area contributed by atoms with E-state index in [1.165, 1.54) is 12.8 Å². The van der Waals surface area contributed by atoms with E-state index in [0.717, 1.165) is 21.7 Å². The lowest BCUT2D eigenvalue weighted by Crippen LogP contribution is -2.02. The summed E-state index contributed by atoms with van der Waals surface area (Å²) in [4.78, 5) is 4.52. The van der Waals surface area contributed by atoms with Gasteiger partial charge < -0.3 is 5.32 Å². The lowest BCUT2D eigenvalue weighted by atomic mass is 10.2. The van der Waals surface area contributed by atoms with E-state index in [1.54, 1.807) is 0 Å². The van der Waals surface area contributed by atoms with E-state index < -0.39 is 0 Å². The van der Waals surface area contributed by atoms with Gasteiger partial charge in [-0.1, -0.05) is 17.7 Å². The average Bonchev–Trinajstić information content (AvgIpc) is 3.01. The fraction of sp³-hybridized carbons (Fsp3) is 0.250. The summed E-state index contributed by atoms with van der Waals surface area (Å²) in [6.07, 6.45) is 2.52. The number of anilines is 1. The van der Waals surface area contributed by atoms with Gasteiger partial charge in [-0.05, 0) is 37.1 Å². The van der Waals surface area contributed by atoms with Crippen LogP contribution in [-0.4, -0.2) is 11.0 Å². The van der Waals surface area contributed by atoms with E-state index in [1.807, 2.05) is 24.3 Å². The Morgan fingerprint density at radius 1 is 1.20 bits per heavy atom. The molecule has 1 heterocycles. The molecule has 0 bridgehead atoms. The van der Waals surface area contributed by atoms with Crippen molar-refractivity contribution >= 4 is 28.3 Å². The molecular weight excluding hydrogens is 208 g/mol. The van der Waals surface area contributed by atoms with Crippen LogP contribution in [0.15, 0.2) is 30.3 Å². The van der Waals surface area contributed by atoms with Gasteiger partial charge in [-0.15, -0.1) is 0 Å². The number of aromatic nitrogens is 1. The monoisotopic (exact) mass is 218 g/mol. The molecule has 1 fully saturated rings. The van der Waals surface area contributed by atoms with Crippen molar-refractivity contribution in [1.29, 1.82) is 0 Å². The van der Waals surface area contributed by atoms with Gasteiger partial charge in [0.25, 0.3) is 0 Å². The van der Waals surface area contributed by atoms with E-state index in [9.17, 15) is 0 Å². The number of nitrogens with one attached hydrogen (secondary N) is 1. The van der Waals surface area contributed by atoms with Crippen molar-refractivity contribution < 1.29 is 0 Å². The molecule has 76 valence electrons. The number of pyridine rings is 1. The largest absolute Gasteiger partial charge is 0.367 e. The van der Waals surface area contributed by atoms with E-state index in [2.05, 4.69) is 16.4 Å². The number of hydrogen-bond donors (Lipinski definition) is 1. The molecule has 1 aliphatic carbocycles. The van der Waals surface area contributed by atoms with E-state index in [4.69, 9.17) is 11.6 Å². The molecule has 0 radical (unpaired) electrons. The van der Waals surface area contributed by atoms with Gasteiger partial charge >= 0.3 is 0 Å². The molecule has 1 saturated carbocycles. The zero-order valence-corrected chi connectivity index (χ0v) is 8.96. The highest BCUT2D eigenvalue weighted by molar-refractivity contribution is 6.31. The first kappa shape index (κ1) is 8.98. The molecule has 3 heteroatoms. The van der Waals surface area contributed by atoms with E-state index in [-0.39, 0.29) is 0 Å². The maximum absolute atomic E-state index is 5.93. The lowest BCUT2D eigenvalue weighted by Gasteiger charge is -2.04. The Morgan fingerprint density at radius 2 is 2.00 bits per heavy atom. The second-order valence-corrected chi connectivity index (χ2v) is 4.39. The van der Waals surface area contributed by atoms with Crippen LogP contribution in [0.2, 0.25) is 5.02 Å². The molecule has 1 aliphatic rings. The van der Waals surface area contributed by atoms with Crippen molar-refractivity contribution in [3.05, 3.63) is 35.4 Å². The number of fused-ring (bicyclic) bond motifs is 1. The molecule has 3 rings (SSSR count). The van der Waals surface area contributed by atoms with Crippen molar-refractivity contribution in [3.8, 4) is 0 Å². The van der Waals surface area contributed by atoms with Crippen LogP contribution in [-0.2, 0) is 0 Å². The first-order chi connectivity index (χ1) is 7.31. The van der Waals surface area contributed by atoms with Crippen molar-refractivity contribution in [1.82, 2.24) is 4.98 Å². The van der Waals surface area contributed by atoms with Crippen molar-refractivity contribution in [3.63, 3.8) is 0 Å². The fourth-order valence-electron chi connectivity index (χ4n) is 1.61. The Hall–Kier alpha value is -1.28. The number of hydrogen-bond acceptors (Lipinski definition) is 2. The molecule has 0 aliphatic heterocycles. The summed E-state index contributed by atoms with van der Waals surface area (Å²) in [7, 11) is 0. The molecule has 0 atom stereocenters. The second kappa shape index (κ2) is 3.38. The number of benzene rings is 1. The minimum Gasteiger partial charge on any atom is -0.367 e. The lowest BCUT2D eigenvalue weighted by molar-refractivity contribution is 1.12. The van der Waals surface area contributed by atoms with Crippen molar-refractivity contribution in [2.75, 3.05) is 5.32 Å². The first-order valence-corrected chi connectivity index (χ1v) is 5.52. The zero-order chi connectivity index (χ0) is 10.3. The minimum absolute atomic E-state index is 0.633. The van der Waals surface area contributed by atoms with Crippen LogP contribution in [0.25, 0.3) is 10.9 Å². The summed E-state index contributed by atoms with van der Waals surface area (Å²) in [6, 6.07) is 10.5. The van der Waals surface area contributed by atoms with Gasteiger partial charge in [0.1, 0.15) is 5.82 Å². The van der Waals surface area contributed by atoms with Gasteiger partial charge in [-0.25, -0.2) is 4.98 Å². The van der Waals surface area contributed by atoms with Crippen molar-refractivity contribution in [2.45, 2.75) is 18.9 Å². The Bertz CT molecular complexity index is 506. The molecule has 0 amide bonds. The smallest absolute Gasteiger partial charge is 0.126 e. The van der Waals surface area contributed by atoms with Crippen molar-refractivity contribution in [2.24, 2.45) is 0 Å². The first-order valence-electron chi connectivity index (χ1n) is 5.14. The summed E-state index contributed by atoms with van der Waals surface area (Å²) in [5.74, 6) is 0.951. The van der Waals surface area contributed by atoms with Gasteiger partial charge in [-0.3, -0.25) is 0 Å². The molecule has 1 aromatic carbocycles. The summed E-state index contributed by atoms with van der Waals surface area (Å²) in [6.45, 7) is 0. The fourth-order valence-corrected chi connectivity index (χ4v) is 1.77. The van der Waals surface area contributed by atoms with Crippen LogP contribution >= 0.6 is 11.6 Å². The Morgan fingerprint density at radius 3 is 2.80 bits per heavy atom. The summed E-state index contributed by atoms with van der Waals surface area (Å²) in [5, 5.41) is 5.23. The highest BCUT2D eigenvalue weighted by Gasteiger charge is 2.21. The molecule has 1 N–H and O–H groups in total. The Kier molecular flexibility index (Phi) is 2.03.